The van der Waals surface area contributed by atoms with Gasteiger partial charge in [0.1, 0.15) is 18.0 Å². The van der Waals surface area contributed by atoms with Gasteiger partial charge in [-0.2, -0.15) is 0 Å². The number of hydrogen-bond donors (Lipinski definition) is 0. The molecule has 0 unspecified atom stereocenters. The molecule has 0 atom stereocenters. The Balaban J connectivity index is 1.44. The van der Waals surface area contributed by atoms with Gasteiger partial charge < -0.3 is 9.80 Å². The van der Waals surface area contributed by atoms with Crippen molar-refractivity contribution in [3.8, 4) is 0 Å². The second-order valence-corrected chi connectivity index (χ2v) is 7.68. The summed E-state index contributed by atoms with van der Waals surface area (Å²) in [6.07, 6.45) is 2.91. The van der Waals surface area contributed by atoms with E-state index in [1.54, 1.807) is 12.4 Å². The number of fused-ring (bicyclic) bond motifs is 1. The summed E-state index contributed by atoms with van der Waals surface area (Å²) in [6.45, 7) is 4.35. The maximum absolute atomic E-state index is 13.7. The van der Waals surface area contributed by atoms with E-state index < -0.39 is 0 Å². The molecule has 1 fully saturated rings. The number of anilines is 2. The van der Waals surface area contributed by atoms with Gasteiger partial charge in [0.05, 0.1) is 5.69 Å². The first-order chi connectivity index (χ1) is 14.1. The van der Waals surface area contributed by atoms with E-state index in [2.05, 4.69) is 14.9 Å². The molecule has 5 nitrogen and oxygen atoms in total. The van der Waals surface area contributed by atoms with Crippen LogP contribution in [0.3, 0.4) is 0 Å². The number of nitrogens with zero attached hydrogens (tertiary/aromatic N) is 4. The summed E-state index contributed by atoms with van der Waals surface area (Å²) < 4.78 is 13.7. The molecule has 6 heteroatoms. The van der Waals surface area contributed by atoms with Gasteiger partial charge in [-0.1, -0.05) is 12.1 Å². The van der Waals surface area contributed by atoms with E-state index in [0.717, 1.165) is 65.5 Å². The van der Waals surface area contributed by atoms with E-state index >= 15 is 0 Å². The molecule has 1 saturated heterocycles. The molecular weight excluding hydrogens is 367 g/mol. The topological polar surface area (TPSA) is 49.1 Å². The molecule has 146 valence electrons. The van der Waals surface area contributed by atoms with Crippen LogP contribution in [-0.4, -0.2) is 40.4 Å². The van der Waals surface area contributed by atoms with Gasteiger partial charge in [0, 0.05) is 43.4 Å². The van der Waals surface area contributed by atoms with Crippen molar-refractivity contribution in [3.63, 3.8) is 0 Å². The second kappa shape index (κ2) is 6.95. The molecule has 0 bridgehead atoms. The molecule has 3 heterocycles. The minimum absolute atomic E-state index is 0.119. The van der Waals surface area contributed by atoms with Crippen molar-refractivity contribution in [1.82, 2.24) is 14.9 Å². The zero-order valence-corrected chi connectivity index (χ0v) is 16.2. The number of aryl methyl sites for hydroxylation is 1. The van der Waals surface area contributed by atoms with Crippen LogP contribution in [0.5, 0.6) is 0 Å². The van der Waals surface area contributed by atoms with Crippen LogP contribution in [0.2, 0.25) is 0 Å². The van der Waals surface area contributed by atoms with Gasteiger partial charge in [0.25, 0.3) is 5.91 Å². The van der Waals surface area contributed by atoms with Crippen molar-refractivity contribution >= 4 is 17.4 Å². The Kier molecular flexibility index (Phi) is 4.27. The summed E-state index contributed by atoms with van der Waals surface area (Å²) in [4.78, 5) is 25.4. The first kappa shape index (κ1) is 17.8. The van der Waals surface area contributed by atoms with E-state index in [1.165, 1.54) is 6.07 Å². The summed E-state index contributed by atoms with van der Waals surface area (Å²) in [5.74, 6) is 0.693. The number of aromatic nitrogens is 2. The molecule has 0 aliphatic carbocycles. The highest BCUT2D eigenvalue weighted by Crippen LogP contribution is 2.36. The van der Waals surface area contributed by atoms with Crippen molar-refractivity contribution < 1.29 is 9.18 Å². The average Bonchev–Trinajstić information content (AvgIpc) is 3.45. The van der Waals surface area contributed by atoms with E-state index in [9.17, 15) is 9.18 Å². The zero-order valence-electron chi connectivity index (χ0n) is 16.2. The van der Waals surface area contributed by atoms with E-state index in [-0.39, 0.29) is 11.7 Å². The largest absolute Gasteiger partial charge is 0.335 e. The van der Waals surface area contributed by atoms with Crippen molar-refractivity contribution in [2.24, 2.45) is 0 Å². The lowest BCUT2D eigenvalue weighted by Crippen LogP contribution is -2.15. The maximum Gasteiger partial charge on any atom is 0.254 e. The predicted octanol–water partition coefficient (Wildman–Crippen LogP) is 3.66. The van der Waals surface area contributed by atoms with E-state index in [1.807, 2.05) is 42.2 Å². The molecule has 0 N–H and O–H groups in total. The quantitative estimate of drug-likeness (QED) is 0.640. The highest BCUT2D eigenvalue weighted by molar-refractivity contribution is 5.99. The van der Waals surface area contributed by atoms with Crippen LogP contribution in [-0.2, 0) is 12.8 Å². The summed E-state index contributed by atoms with van der Waals surface area (Å²) in [6, 6.07) is 12.9. The summed E-state index contributed by atoms with van der Waals surface area (Å²) >= 11 is 0. The normalized spacial score (nSPS) is 14.8. The van der Waals surface area contributed by atoms with Crippen molar-refractivity contribution in [2.45, 2.75) is 19.8 Å². The minimum atomic E-state index is -0.230. The van der Waals surface area contributed by atoms with Crippen molar-refractivity contribution in [1.29, 1.82) is 0 Å². The fourth-order valence-corrected chi connectivity index (χ4v) is 4.05. The highest BCUT2D eigenvalue weighted by atomic mass is 19.1. The number of rotatable bonds is 4. The van der Waals surface area contributed by atoms with Gasteiger partial charge in [-0.3, -0.25) is 4.79 Å². The molecule has 0 spiro atoms. The van der Waals surface area contributed by atoms with Gasteiger partial charge in [-0.05, 0) is 54.3 Å². The first-order valence-corrected chi connectivity index (χ1v) is 9.84. The number of amides is 1. The monoisotopic (exact) mass is 388 g/mol. The van der Waals surface area contributed by atoms with Crippen LogP contribution < -0.4 is 4.90 Å². The number of carbonyl (C=O) groups is 1. The number of benzene rings is 2. The predicted molar refractivity (Wildman–Crippen MR) is 109 cm³/mol. The Morgan fingerprint density at radius 2 is 1.97 bits per heavy atom. The van der Waals surface area contributed by atoms with Crippen molar-refractivity contribution in [3.05, 3.63) is 82.6 Å². The third kappa shape index (κ3) is 3.46. The Hall–Kier alpha value is -3.28. The molecule has 0 radical (unpaired) electrons. The molecule has 2 aliphatic rings. The zero-order chi connectivity index (χ0) is 20.0. The number of hydrogen-bond acceptors (Lipinski definition) is 4. The summed E-state index contributed by atoms with van der Waals surface area (Å²) in [5.41, 5.74) is 5.54. The molecule has 1 amide bonds. The third-order valence-electron chi connectivity index (χ3n) is 5.47. The summed E-state index contributed by atoms with van der Waals surface area (Å²) in [7, 11) is 0. The van der Waals surface area contributed by atoms with Crippen molar-refractivity contribution in [2.75, 3.05) is 24.5 Å². The Morgan fingerprint density at radius 1 is 1.10 bits per heavy atom. The highest BCUT2D eigenvalue weighted by Gasteiger charge is 2.31. The standard InChI is InChI=1S/C23H21FN4O/c1-15-9-16(11-17(24)10-15)12-18-13-22(26-14-25-18)28-6-5-19-20(3-2-4-21(19)28)23(29)27-7-8-27/h2-4,9-11,13-14H,5-8,12H2,1H3. The average molecular weight is 388 g/mol. The Bertz CT molecular complexity index is 1090. The lowest BCUT2D eigenvalue weighted by atomic mass is 10.0. The van der Waals surface area contributed by atoms with E-state index in [4.69, 9.17) is 0 Å². The van der Waals surface area contributed by atoms with Crippen LogP contribution in [0.4, 0.5) is 15.9 Å². The molecular formula is C23H21FN4O. The van der Waals surface area contributed by atoms with Gasteiger partial charge >= 0.3 is 0 Å². The molecule has 5 rings (SSSR count). The third-order valence-corrected chi connectivity index (χ3v) is 5.47. The molecule has 0 saturated carbocycles. The fraction of sp³-hybridized carbons (Fsp3) is 0.261. The molecule has 2 aromatic carbocycles. The number of halogens is 1. The maximum atomic E-state index is 13.7. The molecule has 3 aromatic rings. The SMILES string of the molecule is Cc1cc(F)cc(Cc2cc(N3CCc4c(C(=O)N5CC5)cccc43)ncn2)c1. The van der Waals surface area contributed by atoms with Crippen LogP contribution in [0, 0.1) is 12.7 Å². The van der Waals surface area contributed by atoms with Crippen LogP contribution in [0.25, 0.3) is 0 Å². The van der Waals surface area contributed by atoms with Gasteiger partial charge in [-0.15, -0.1) is 0 Å². The molecule has 29 heavy (non-hydrogen) atoms. The van der Waals surface area contributed by atoms with Crippen LogP contribution >= 0.6 is 0 Å². The molecule has 1 aromatic heterocycles. The van der Waals surface area contributed by atoms with Crippen LogP contribution in [0.1, 0.15) is 32.7 Å². The lowest BCUT2D eigenvalue weighted by molar-refractivity contribution is 0.0884. The molecule has 2 aliphatic heterocycles. The minimum Gasteiger partial charge on any atom is -0.335 e. The second-order valence-electron chi connectivity index (χ2n) is 7.68. The van der Waals surface area contributed by atoms with E-state index in [0.29, 0.717) is 6.42 Å². The van der Waals surface area contributed by atoms with Crippen LogP contribution in [0.15, 0.2) is 48.8 Å². The smallest absolute Gasteiger partial charge is 0.254 e. The summed E-state index contributed by atoms with van der Waals surface area (Å²) in [5, 5.41) is 0. The lowest BCUT2D eigenvalue weighted by Gasteiger charge is -2.19. The first-order valence-electron chi connectivity index (χ1n) is 9.84. The Labute approximate surface area is 168 Å². The number of carbonyl (C=O) groups excluding carboxylic acids is 1. The van der Waals surface area contributed by atoms with Gasteiger partial charge in [-0.25, -0.2) is 14.4 Å². The fourth-order valence-electron chi connectivity index (χ4n) is 4.05. The van der Waals surface area contributed by atoms with Gasteiger partial charge in [0.2, 0.25) is 0 Å². The van der Waals surface area contributed by atoms with Gasteiger partial charge in [0.15, 0.2) is 0 Å². The Morgan fingerprint density at radius 3 is 2.76 bits per heavy atom.